The predicted octanol–water partition coefficient (Wildman–Crippen LogP) is 1.99. The van der Waals surface area contributed by atoms with Crippen LogP contribution in [0, 0.1) is 5.41 Å². The molecule has 2 rings (SSSR count). The zero-order valence-corrected chi connectivity index (χ0v) is 11.7. The fourth-order valence-corrected chi connectivity index (χ4v) is 3.85. The molecule has 2 fully saturated rings. The number of aliphatic carboxylic acids is 1. The molecule has 0 saturated carbocycles. The maximum absolute atomic E-state index is 12.3. The van der Waals surface area contributed by atoms with E-state index in [2.05, 4.69) is 0 Å². The molecule has 1 N–H and O–H groups in total. The molecular weight excluding hydrogens is 250 g/mol. The van der Waals surface area contributed by atoms with Crippen LogP contribution in [-0.4, -0.2) is 46.0 Å². The second kappa shape index (κ2) is 5.51. The van der Waals surface area contributed by atoms with Crippen molar-refractivity contribution in [2.24, 2.45) is 5.41 Å². The van der Waals surface area contributed by atoms with Gasteiger partial charge in [-0.05, 0) is 38.4 Å². The maximum atomic E-state index is 12.3. The van der Waals surface area contributed by atoms with Gasteiger partial charge in [0, 0.05) is 13.1 Å². The van der Waals surface area contributed by atoms with Gasteiger partial charge in [-0.25, -0.2) is 0 Å². The number of piperidine rings is 1. The Morgan fingerprint density at radius 1 is 1.28 bits per heavy atom. The van der Waals surface area contributed by atoms with Gasteiger partial charge in [-0.15, -0.1) is 11.8 Å². The van der Waals surface area contributed by atoms with Crippen LogP contribution in [0.3, 0.4) is 0 Å². The van der Waals surface area contributed by atoms with Crippen LogP contribution in [0.15, 0.2) is 0 Å². The molecule has 5 heteroatoms. The topological polar surface area (TPSA) is 57.6 Å². The van der Waals surface area contributed by atoms with Gasteiger partial charge in [0.25, 0.3) is 0 Å². The van der Waals surface area contributed by atoms with E-state index in [1.807, 2.05) is 4.90 Å². The molecule has 0 aliphatic carbocycles. The van der Waals surface area contributed by atoms with Gasteiger partial charge < -0.3 is 10.0 Å². The average Bonchev–Trinajstić information content (AvgIpc) is 2.40. The molecule has 1 atom stereocenters. The van der Waals surface area contributed by atoms with Gasteiger partial charge in [0.15, 0.2) is 0 Å². The highest BCUT2D eigenvalue weighted by Crippen LogP contribution is 2.33. The quantitative estimate of drug-likeness (QED) is 0.834. The second-order valence-corrected chi connectivity index (χ2v) is 6.86. The molecule has 2 saturated heterocycles. The number of hydrogen-bond donors (Lipinski definition) is 1. The number of carbonyl (C=O) groups is 2. The number of carboxylic acids is 1. The van der Waals surface area contributed by atoms with Gasteiger partial charge in [0.2, 0.25) is 5.91 Å². The normalized spacial score (nSPS) is 27.8. The lowest BCUT2D eigenvalue weighted by Gasteiger charge is -2.38. The van der Waals surface area contributed by atoms with Crippen molar-refractivity contribution in [1.29, 1.82) is 0 Å². The summed E-state index contributed by atoms with van der Waals surface area (Å²) < 4.78 is 0. The molecular formula is C13H21NO3S. The minimum absolute atomic E-state index is 0.118. The highest BCUT2D eigenvalue weighted by atomic mass is 32.2. The summed E-state index contributed by atoms with van der Waals surface area (Å²) in [5, 5.41) is 9.28. The van der Waals surface area contributed by atoms with Gasteiger partial charge >= 0.3 is 5.97 Å². The molecule has 18 heavy (non-hydrogen) atoms. The lowest BCUT2D eigenvalue weighted by Crippen LogP contribution is -2.48. The average molecular weight is 271 g/mol. The van der Waals surface area contributed by atoms with Crippen LogP contribution in [0.4, 0.5) is 0 Å². The molecule has 2 aliphatic rings. The van der Waals surface area contributed by atoms with Crippen molar-refractivity contribution >= 4 is 23.6 Å². The van der Waals surface area contributed by atoms with Crippen molar-refractivity contribution in [3.63, 3.8) is 0 Å². The van der Waals surface area contributed by atoms with E-state index in [1.54, 1.807) is 18.7 Å². The summed E-state index contributed by atoms with van der Waals surface area (Å²) in [5.74, 6) is 0.575. The summed E-state index contributed by atoms with van der Waals surface area (Å²) in [6.45, 7) is 2.98. The molecule has 102 valence electrons. The zero-order valence-electron chi connectivity index (χ0n) is 10.9. The number of rotatable bonds is 2. The predicted molar refractivity (Wildman–Crippen MR) is 71.7 cm³/mol. The van der Waals surface area contributed by atoms with Crippen molar-refractivity contribution in [1.82, 2.24) is 4.90 Å². The molecule has 4 nitrogen and oxygen atoms in total. The summed E-state index contributed by atoms with van der Waals surface area (Å²) in [4.78, 5) is 25.3. The molecule has 2 aliphatic heterocycles. The van der Waals surface area contributed by atoms with Gasteiger partial charge in [0.1, 0.15) is 0 Å². The Bertz CT molecular complexity index is 331. The maximum Gasteiger partial charge on any atom is 0.309 e. The molecule has 1 amide bonds. The van der Waals surface area contributed by atoms with Gasteiger partial charge in [-0.3, -0.25) is 9.59 Å². The largest absolute Gasteiger partial charge is 0.481 e. The number of amides is 1. The Balaban J connectivity index is 1.89. The van der Waals surface area contributed by atoms with Crippen LogP contribution in [0.5, 0.6) is 0 Å². The number of hydrogen-bond acceptors (Lipinski definition) is 3. The summed E-state index contributed by atoms with van der Waals surface area (Å²) in [6.07, 6.45) is 4.49. The van der Waals surface area contributed by atoms with Crippen LogP contribution in [0.25, 0.3) is 0 Å². The van der Waals surface area contributed by atoms with E-state index in [-0.39, 0.29) is 11.2 Å². The first-order valence-electron chi connectivity index (χ1n) is 6.67. The minimum Gasteiger partial charge on any atom is -0.481 e. The van der Waals surface area contributed by atoms with E-state index < -0.39 is 11.4 Å². The van der Waals surface area contributed by atoms with Crippen LogP contribution in [0.2, 0.25) is 0 Å². The lowest BCUT2D eigenvalue weighted by atomic mass is 9.80. The first kappa shape index (κ1) is 13.7. The lowest BCUT2D eigenvalue weighted by molar-refractivity contribution is -0.152. The molecule has 0 bridgehead atoms. The standard InChI is InChI=1S/C13H21NO3S/c1-13(12(16)17)5-7-14(8-6-13)11(15)10-4-2-3-9-18-10/h10H,2-9H2,1H3,(H,16,17). The molecule has 2 heterocycles. The summed E-state index contributed by atoms with van der Waals surface area (Å²) >= 11 is 1.76. The van der Waals surface area contributed by atoms with Crippen molar-refractivity contribution in [3.8, 4) is 0 Å². The fourth-order valence-electron chi connectivity index (χ4n) is 2.57. The first-order valence-corrected chi connectivity index (χ1v) is 7.72. The van der Waals surface area contributed by atoms with Gasteiger partial charge in [0.05, 0.1) is 10.7 Å². The Kier molecular flexibility index (Phi) is 4.20. The minimum atomic E-state index is -0.735. The summed E-state index contributed by atoms with van der Waals surface area (Å²) in [7, 11) is 0. The fraction of sp³-hybridized carbons (Fsp3) is 0.846. The van der Waals surface area contributed by atoms with E-state index in [9.17, 15) is 9.59 Å². The second-order valence-electron chi connectivity index (χ2n) is 5.55. The van der Waals surface area contributed by atoms with Crippen LogP contribution in [-0.2, 0) is 9.59 Å². The molecule has 0 aromatic carbocycles. The van der Waals surface area contributed by atoms with Crippen molar-refractivity contribution in [2.75, 3.05) is 18.8 Å². The molecule has 1 unspecified atom stereocenters. The Labute approximate surface area is 112 Å². The molecule has 0 spiro atoms. The van der Waals surface area contributed by atoms with Crippen molar-refractivity contribution in [2.45, 2.75) is 44.3 Å². The molecule has 0 aromatic rings. The third-order valence-electron chi connectivity index (χ3n) is 4.15. The Hall–Kier alpha value is -0.710. The summed E-state index contributed by atoms with van der Waals surface area (Å²) in [6, 6.07) is 0. The third kappa shape index (κ3) is 2.82. The zero-order chi connectivity index (χ0) is 13.2. The van der Waals surface area contributed by atoms with Gasteiger partial charge in [-0.1, -0.05) is 6.42 Å². The van der Waals surface area contributed by atoms with Crippen LogP contribution in [0.1, 0.15) is 39.0 Å². The van der Waals surface area contributed by atoms with Crippen molar-refractivity contribution in [3.05, 3.63) is 0 Å². The molecule has 0 radical (unpaired) electrons. The van der Waals surface area contributed by atoms with E-state index >= 15 is 0 Å². The number of likely N-dealkylation sites (tertiary alicyclic amines) is 1. The summed E-state index contributed by atoms with van der Waals surface area (Å²) in [5.41, 5.74) is -0.642. The third-order valence-corrected chi connectivity index (χ3v) is 5.51. The van der Waals surface area contributed by atoms with E-state index in [0.29, 0.717) is 25.9 Å². The highest BCUT2D eigenvalue weighted by molar-refractivity contribution is 8.00. The van der Waals surface area contributed by atoms with E-state index in [1.165, 1.54) is 6.42 Å². The Morgan fingerprint density at radius 3 is 2.44 bits per heavy atom. The van der Waals surface area contributed by atoms with Crippen molar-refractivity contribution < 1.29 is 14.7 Å². The number of carbonyl (C=O) groups excluding carboxylic acids is 1. The van der Waals surface area contributed by atoms with E-state index in [0.717, 1.165) is 18.6 Å². The number of thioether (sulfide) groups is 1. The smallest absolute Gasteiger partial charge is 0.309 e. The SMILES string of the molecule is CC1(C(=O)O)CCN(C(=O)C2CCCCS2)CC1. The Morgan fingerprint density at radius 2 is 1.94 bits per heavy atom. The monoisotopic (exact) mass is 271 g/mol. The van der Waals surface area contributed by atoms with E-state index in [4.69, 9.17) is 5.11 Å². The number of carboxylic acid groups (broad SMARTS) is 1. The van der Waals surface area contributed by atoms with Crippen LogP contribution >= 0.6 is 11.8 Å². The number of nitrogens with zero attached hydrogens (tertiary/aromatic N) is 1. The molecule has 0 aromatic heterocycles. The first-order chi connectivity index (χ1) is 8.53. The van der Waals surface area contributed by atoms with Gasteiger partial charge in [-0.2, -0.15) is 0 Å². The highest BCUT2D eigenvalue weighted by Gasteiger charge is 2.39. The van der Waals surface area contributed by atoms with Crippen LogP contribution < -0.4 is 0 Å².